The summed E-state index contributed by atoms with van der Waals surface area (Å²) in [6, 6.07) is 1.81. The van der Waals surface area contributed by atoms with Crippen molar-refractivity contribution in [3.63, 3.8) is 0 Å². The Labute approximate surface area is 108 Å². The first-order chi connectivity index (χ1) is 8.50. The average Bonchev–Trinajstić information content (AvgIpc) is 2.75. The first kappa shape index (κ1) is 13.3. The lowest BCUT2D eigenvalue weighted by molar-refractivity contribution is 0.0955. The van der Waals surface area contributed by atoms with Crippen molar-refractivity contribution < 1.29 is 4.74 Å². The molecule has 0 aliphatic carbocycles. The predicted molar refractivity (Wildman–Crippen MR) is 71.8 cm³/mol. The summed E-state index contributed by atoms with van der Waals surface area (Å²) in [6.07, 6.45) is 2.29. The maximum absolute atomic E-state index is 12.5. The molecule has 100 valence electrons. The maximum Gasteiger partial charge on any atom is 0.255 e. The molecule has 0 aromatic carbocycles. The summed E-state index contributed by atoms with van der Waals surface area (Å²) < 4.78 is 7.41. The van der Waals surface area contributed by atoms with Gasteiger partial charge < -0.3 is 15.0 Å². The van der Waals surface area contributed by atoms with Gasteiger partial charge in [-0.2, -0.15) is 0 Å². The SMILES string of the molecule is Cc1cc(C)n(CC2CCCO2)c(=O)c1C(C)N. The van der Waals surface area contributed by atoms with Crippen LogP contribution in [-0.4, -0.2) is 17.3 Å². The molecular formula is C14H22N2O2. The van der Waals surface area contributed by atoms with Crippen molar-refractivity contribution in [1.82, 2.24) is 4.57 Å². The van der Waals surface area contributed by atoms with Gasteiger partial charge in [0.1, 0.15) is 0 Å². The molecule has 2 unspecified atom stereocenters. The van der Waals surface area contributed by atoms with E-state index in [0.717, 1.165) is 36.3 Å². The molecule has 2 atom stereocenters. The zero-order valence-corrected chi connectivity index (χ0v) is 11.4. The van der Waals surface area contributed by atoms with Gasteiger partial charge in [-0.3, -0.25) is 4.79 Å². The molecule has 0 bridgehead atoms. The van der Waals surface area contributed by atoms with E-state index in [2.05, 4.69) is 0 Å². The Balaban J connectivity index is 2.39. The van der Waals surface area contributed by atoms with Gasteiger partial charge in [-0.1, -0.05) is 0 Å². The molecular weight excluding hydrogens is 228 g/mol. The second-order valence-electron chi connectivity index (χ2n) is 5.22. The number of aromatic nitrogens is 1. The highest BCUT2D eigenvalue weighted by Crippen LogP contribution is 2.16. The van der Waals surface area contributed by atoms with E-state index >= 15 is 0 Å². The van der Waals surface area contributed by atoms with Crippen LogP contribution in [0.2, 0.25) is 0 Å². The van der Waals surface area contributed by atoms with Gasteiger partial charge in [-0.25, -0.2) is 0 Å². The Bertz CT molecular complexity index is 485. The fourth-order valence-electron chi connectivity index (χ4n) is 2.72. The van der Waals surface area contributed by atoms with Crippen LogP contribution in [0.25, 0.3) is 0 Å². The molecule has 4 nitrogen and oxygen atoms in total. The van der Waals surface area contributed by atoms with Crippen LogP contribution in [0.5, 0.6) is 0 Å². The molecule has 1 aliphatic heterocycles. The molecule has 1 aromatic heterocycles. The van der Waals surface area contributed by atoms with Crippen LogP contribution in [0.1, 0.15) is 42.6 Å². The van der Waals surface area contributed by atoms with Crippen LogP contribution in [-0.2, 0) is 11.3 Å². The van der Waals surface area contributed by atoms with Gasteiger partial charge in [0.2, 0.25) is 0 Å². The number of ether oxygens (including phenoxy) is 1. The normalized spacial score (nSPS) is 21.2. The third-order valence-corrected chi connectivity index (χ3v) is 3.62. The van der Waals surface area contributed by atoms with E-state index in [1.54, 1.807) is 0 Å². The van der Waals surface area contributed by atoms with Crippen molar-refractivity contribution in [3.05, 3.63) is 33.2 Å². The van der Waals surface area contributed by atoms with E-state index in [0.29, 0.717) is 6.54 Å². The lowest BCUT2D eigenvalue weighted by Crippen LogP contribution is -2.33. The Morgan fingerprint density at radius 1 is 1.56 bits per heavy atom. The van der Waals surface area contributed by atoms with Gasteiger partial charge in [0.15, 0.2) is 0 Å². The molecule has 1 aliphatic rings. The van der Waals surface area contributed by atoms with Crippen molar-refractivity contribution in [2.24, 2.45) is 5.73 Å². The van der Waals surface area contributed by atoms with Gasteiger partial charge in [0.05, 0.1) is 12.6 Å². The zero-order chi connectivity index (χ0) is 13.3. The highest BCUT2D eigenvalue weighted by Gasteiger charge is 2.20. The summed E-state index contributed by atoms with van der Waals surface area (Å²) in [7, 11) is 0. The van der Waals surface area contributed by atoms with Crippen LogP contribution in [0.3, 0.4) is 0 Å². The fraction of sp³-hybridized carbons (Fsp3) is 0.643. The van der Waals surface area contributed by atoms with E-state index in [1.807, 2.05) is 31.4 Å². The number of hydrogen-bond acceptors (Lipinski definition) is 3. The molecule has 0 saturated carbocycles. The second-order valence-corrected chi connectivity index (χ2v) is 5.22. The number of nitrogens with two attached hydrogens (primary N) is 1. The molecule has 1 saturated heterocycles. The molecule has 0 spiro atoms. The molecule has 2 heterocycles. The number of aryl methyl sites for hydroxylation is 2. The molecule has 1 aromatic rings. The van der Waals surface area contributed by atoms with E-state index in [1.165, 1.54) is 0 Å². The summed E-state index contributed by atoms with van der Waals surface area (Å²) in [6.45, 7) is 7.22. The Morgan fingerprint density at radius 3 is 2.83 bits per heavy atom. The number of pyridine rings is 1. The van der Waals surface area contributed by atoms with E-state index in [4.69, 9.17) is 10.5 Å². The van der Waals surface area contributed by atoms with E-state index in [-0.39, 0.29) is 17.7 Å². The molecule has 2 N–H and O–H groups in total. The van der Waals surface area contributed by atoms with Crippen LogP contribution in [0.15, 0.2) is 10.9 Å². The number of rotatable bonds is 3. The van der Waals surface area contributed by atoms with Gasteiger partial charge in [0, 0.05) is 23.9 Å². The first-order valence-electron chi connectivity index (χ1n) is 6.59. The van der Waals surface area contributed by atoms with Crippen molar-refractivity contribution in [2.45, 2.75) is 52.3 Å². The van der Waals surface area contributed by atoms with E-state index in [9.17, 15) is 4.79 Å². The minimum Gasteiger partial charge on any atom is -0.376 e. The molecule has 0 radical (unpaired) electrons. The zero-order valence-electron chi connectivity index (χ0n) is 11.4. The maximum atomic E-state index is 12.5. The van der Waals surface area contributed by atoms with Gasteiger partial charge >= 0.3 is 0 Å². The lowest BCUT2D eigenvalue weighted by Gasteiger charge is -2.18. The number of nitrogens with zero attached hydrogens (tertiary/aromatic N) is 1. The predicted octanol–water partition coefficient (Wildman–Crippen LogP) is 1.66. The quantitative estimate of drug-likeness (QED) is 0.887. The second kappa shape index (κ2) is 5.24. The summed E-state index contributed by atoms with van der Waals surface area (Å²) in [4.78, 5) is 12.5. The Kier molecular flexibility index (Phi) is 3.88. The molecule has 0 amide bonds. The van der Waals surface area contributed by atoms with E-state index < -0.39 is 0 Å². The van der Waals surface area contributed by atoms with Crippen molar-refractivity contribution in [3.8, 4) is 0 Å². The lowest BCUT2D eigenvalue weighted by atomic mass is 10.0. The highest BCUT2D eigenvalue weighted by molar-refractivity contribution is 5.28. The molecule has 18 heavy (non-hydrogen) atoms. The molecule has 1 fully saturated rings. The van der Waals surface area contributed by atoms with Crippen molar-refractivity contribution in [2.75, 3.05) is 6.61 Å². The van der Waals surface area contributed by atoms with Crippen molar-refractivity contribution >= 4 is 0 Å². The van der Waals surface area contributed by atoms with Gasteiger partial charge in [-0.05, 0) is 45.2 Å². The van der Waals surface area contributed by atoms with Gasteiger partial charge in [-0.15, -0.1) is 0 Å². The number of hydrogen-bond donors (Lipinski definition) is 1. The fourth-order valence-corrected chi connectivity index (χ4v) is 2.72. The third kappa shape index (κ3) is 2.49. The third-order valence-electron chi connectivity index (χ3n) is 3.62. The minimum absolute atomic E-state index is 0.0398. The minimum atomic E-state index is -0.228. The molecule has 2 rings (SSSR count). The van der Waals surface area contributed by atoms with Gasteiger partial charge in [0.25, 0.3) is 5.56 Å². The summed E-state index contributed by atoms with van der Waals surface area (Å²) in [5.74, 6) is 0. The monoisotopic (exact) mass is 250 g/mol. The average molecular weight is 250 g/mol. The topological polar surface area (TPSA) is 57.2 Å². The smallest absolute Gasteiger partial charge is 0.255 e. The van der Waals surface area contributed by atoms with Crippen LogP contribution >= 0.6 is 0 Å². The standard InChI is InChI=1S/C14H22N2O2/c1-9-7-10(2)16(8-12-5-4-6-18-12)14(17)13(9)11(3)15/h7,11-12H,4-6,8,15H2,1-3H3. The van der Waals surface area contributed by atoms with Crippen LogP contribution in [0, 0.1) is 13.8 Å². The molecule has 4 heteroatoms. The van der Waals surface area contributed by atoms with Crippen molar-refractivity contribution in [1.29, 1.82) is 0 Å². The van der Waals surface area contributed by atoms with Crippen LogP contribution < -0.4 is 11.3 Å². The Morgan fingerprint density at radius 2 is 2.28 bits per heavy atom. The summed E-state index contributed by atoms with van der Waals surface area (Å²) in [5, 5.41) is 0. The Hall–Kier alpha value is -1.13. The first-order valence-corrected chi connectivity index (χ1v) is 6.59. The largest absolute Gasteiger partial charge is 0.376 e. The summed E-state index contributed by atoms with van der Waals surface area (Å²) >= 11 is 0. The highest BCUT2D eigenvalue weighted by atomic mass is 16.5. The van der Waals surface area contributed by atoms with Crippen LogP contribution in [0.4, 0.5) is 0 Å². The summed E-state index contributed by atoms with van der Waals surface area (Å²) in [5.41, 5.74) is 8.62.